The zero-order valence-corrected chi connectivity index (χ0v) is 16.3. The second-order valence-corrected chi connectivity index (χ2v) is 6.40. The maximum Gasteiger partial charge on any atom is 0.317 e. The highest BCUT2D eigenvalue weighted by Crippen LogP contribution is 2.30. The highest BCUT2D eigenvalue weighted by Gasteiger charge is 2.24. The minimum Gasteiger partial charge on any atom is -0.368 e. The van der Waals surface area contributed by atoms with Gasteiger partial charge in [-0.05, 0) is 62.9 Å². The van der Waals surface area contributed by atoms with E-state index in [2.05, 4.69) is 0 Å². The van der Waals surface area contributed by atoms with Gasteiger partial charge in [-0.3, -0.25) is 4.90 Å². The molecule has 1 N–H and O–H groups in total. The Hall–Kier alpha value is -1.46. The first kappa shape index (κ1) is 7.05. The lowest BCUT2D eigenvalue weighted by Crippen LogP contribution is -2.47. The quantitative estimate of drug-likeness (QED) is 0.771. The van der Waals surface area contributed by atoms with Crippen LogP contribution in [0.25, 0.3) is 0 Å². The van der Waals surface area contributed by atoms with Crippen molar-refractivity contribution >= 4 is 23.3 Å². The normalized spacial score (nSPS) is 54.1. The van der Waals surface area contributed by atoms with Crippen LogP contribution in [0.1, 0.15) is 66.3 Å². The molecule has 0 unspecified atom stereocenters. The van der Waals surface area contributed by atoms with Gasteiger partial charge in [0.1, 0.15) is 0 Å². The molecule has 156 valence electrons. The molecule has 1 saturated heterocycles. The fraction of sp³-hybridized carbons (Fsp3) is 0.682. The Balaban J connectivity index is 2.24. The van der Waals surface area contributed by atoms with E-state index in [1.165, 1.54) is 6.92 Å². The molecular weight excluding hydrogens is 372 g/mol. The summed E-state index contributed by atoms with van der Waals surface area (Å²) in [5, 5.41) is 1.02. The largest absolute Gasteiger partial charge is 0.368 e. The molecule has 5 nitrogen and oxygen atoms in total. The topological polar surface area (TPSA) is 38.8 Å². The third kappa shape index (κ3) is 5.54. The van der Waals surface area contributed by atoms with Gasteiger partial charge < -0.3 is 15.1 Å². The van der Waals surface area contributed by atoms with Crippen molar-refractivity contribution in [3.63, 3.8) is 0 Å². The second-order valence-electron chi connectivity index (χ2n) is 6.02. The number of benzene rings is 1. The molecule has 2 amide bonds. The van der Waals surface area contributed by atoms with Crippen LogP contribution in [0.2, 0.25) is 5.02 Å². The average molecular weight is 428 g/mol. The first-order chi connectivity index (χ1) is 21.5. The summed E-state index contributed by atoms with van der Waals surface area (Å²) in [6, 6.07) is -7.53. The highest BCUT2D eigenvalue weighted by atomic mass is 35.5. The Morgan fingerprint density at radius 2 is 1.96 bits per heavy atom. The lowest BCUT2D eigenvalue weighted by molar-refractivity contribution is 0.194. The Labute approximate surface area is 204 Å². The number of piperazine rings is 1. The van der Waals surface area contributed by atoms with Gasteiger partial charge in [-0.15, -0.1) is 0 Å². The Kier molecular flexibility index (Phi) is 2.48. The van der Waals surface area contributed by atoms with E-state index in [0.29, 0.717) is 0 Å². The third-order valence-electron chi connectivity index (χ3n) is 3.69. The molecule has 0 atom stereocenters. The molecule has 1 aromatic carbocycles. The van der Waals surface area contributed by atoms with Crippen LogP contribution >= 0.6 is 11.6 Å². The van der Waals surface area contributed by atoms with Crippen LogP contribution in [-0.2, 0) is 0 Å². The molecule has 0 bridgehead atoms. The van der Waals surface area contributed by atoms with Crippen LogP contribution in [0.5, 0.6) is 0 Å². The summed E-state index contributed by atoms with van der Waals surface area (Å²) in [5.41, 5.74) is -1.20. The molecule has 1 heterocycles. The lowest BCUT2D eigenvalue weighted by atomic mass is 9.84. The average Bonchev–Trinajstić information content (AvgIpc) is 2.94. The van der Waals surface area contributed by atoms with Crippen molar-refractivity contribution in [3.8, 4) is 0 Å². The van der Waals surface area contributed by atoms with Gasteiger partial charge in [-0.1, -0.05) is 23.7 Å². The fourth-order valence-corrected chi connectivity index (χ4v) is 2.27. The smallest absolute Gasteiger partial charge is 0.317 e. The minimum absolute atomic E-state index is 0.125. The predicted octanol–water partition coefficient (Wildman–Crippen LogP) is 3.99. The van der Waals surface area contributed by atoms with Crippen molar-refractivity contribution in [2.75, 3.05) is 51.5 Å². The van der Waals surface area contributed by atoms with Crippen LogP contribution < -0.4 is 10.2 Å². The van der Waals surface area contributed by atoms with Gasteiger partial charge in [-0.2, -0.15) is 0 Å². The lowest BCUT2D eigenvalue weighted by Gasteiger charge is -2.37. The van der Waals surface area contributed by atoms with Gasteiger partial charge in [0.2, 0.25) is 0 Å². The number of halogens is 1. The summed E-state index contributed by atoms with van der Waals surface area (Å²) >= 11 is 6.28. The highest BCUT2D eigenvalue weighted by molar-refractivity contribution is 6.34. The Morgan fingerprint density at radius 3 is 2.61 bits per heavy atom. The number of nitrogens with zero attached hydrogens (tertiary/aromatic N) is 3. The number of urea groups is 1. The maximum atomic E-state index is 12.5. The number of anilines is 1. The number of hydrogen-bond acceptors (Lipinski definition) is 3. The summed E-state index contributed by atoms with van der Waals surface area (Å²) in [7, 11) is 2.25. The first-order valence-electron chi connectivity index (χ1n) is 18.8. The molecule has 1 aliphatic heterocycles. The molecule has 28 heavy (non-hydrogen) atoms. The molecular formula is C22H35ClN4O. The number of carbonyl (C=O) groups is 1. The van der Waals surface area contributed by atoms with Crippen molar-refractivity contribution in [2.45, 2.75) is 44.9 Å². The minimum atomic E-state index is -3.94. The molecule has 0 aromatic heterocycles. The Morgan fingerprint density at radius 1 is 1.29 bits per heavy atom. The van der Waals surface area contributed by atoms with Crippen LogP contribution in [0, 0.1) is 12.8 Å². The molecule has 1 aromatic rings. The van der Waals surface area contributed by atoms with Crippen LogP contribution in [-0.4, -0.2) is 68.5 Å². The zero-order valence-electron chi connectivity index (χ0n) is 36.5. The summed E-state index contributed by atoms with van der Waals surface area (Å²) in [5.74, 6) is -3.69. The van der Waals surface area contributed by atoms with Gasteiger partial charge in [-0.25, -0.2) is 4.79 Å². The number of nitrogens with one attached hydrogen (secondary N) is 1. The monoisotopic (exact) mass is 427 g/mol. The van der Waals surface area contributed by atoms with Crippen LogP contribution in [0.3, 0.4) is 0 Å². The van der Waals surface area contributed by atoms with E-state index < -0.39 is 111 Å². The number of rotatable bonds is 5. The van der Waals surface area contributed by atoms with Gasteiger partial charge in [0.15, 0.2) is 0 Å². The predicted molar refractivity (Wildman–Crippen MR) is 117 cm³/mol. The molecule has 6 heteroatoms. The summed E-state index contributed by atoms with van der Waals surface area (Å²) < 4.78 is 180. The molecule has 3 rings (SSSR count). The van der Waals surface area contributed by atoms with E-state index in [0.717, 1.165) is 19.0 Å². The molecule has 1 saturated carbocycles. The zero-order chi connectivity index (χ0) is 38.9. The molecule has 0 radical (unpaired) electrons. The summed E-state index contributed by atoms with van der Waals surface area (Å²) in [6.07, 6.45) is -17.3. The Bertz CT molecular complexity index is 1450. The molecule has 1 aliphatic carbocycles. The van der Waals surface area contributed by atoms with E-state index in [-0.39, 0.29) is 15.4 Å². The van der Waals surface area contributed by atoms with Crippen LogP contribution in [0.4, 0.5) is 10.5 Å². The van der Waals surface area contributed by atoms with Gasteiger partial charge in [0.25, 0.3) is 0 Å². The summed E-state index contributed by atoms with van der Waals surface area (Å²) in [6.45, 7) is -15.2. The van der Waals surface area contributed by atoms with E-state index in [9.17, 15) is 4.79 Å². The second kappa shape index (κ2) is 9.84. The van der Waals surface area contributed by atoms with Gasteiger partial charge in [0, 0.05) is 63.9 Å². The van der Waals surface area contributed by atoms with Crippen molar-refractivity contribution < 1.29 is 33.6 Å². The SMILES string of the molecule is [2H]c1c([2H])c(C)c(Cl)c(N2C([2H])([2H])C([2H])([2H])N(CCC3([2H])C([2H])([2H])C([2H])([2H])C([2H])(NC(=O)N(C)C)C([2H])([2H])C3([2H])[2H])C([2H])([2H])C2([2H])[2H])c1[2H]. The first-order valence-corrected chi connectivity index (χ1v) is 8.68. The number of amides is 2. The van der Waals surface area contributed by atoms with Gasteiger partial charge in [0.05, 0.1) is 21.7 Å². The van der Waals surface area contributed by atoms with Crippen molar-refractivity contribution in [2.24, 2.45) is 5.89 Å². The molecule has 2 aliphatic rings. The fourth-order valence-electron chi connectivity index (χ4n) is 2.09. The number of carbonyl (C=O) groups excluding carboxylic acids is 1. The van der Waals surface area contributed by atoms with E-state index in [1.807, 2.05) is 0 Å². The van der Waals surface area contributed by atoms with Crippen molar-refractivity contribution in [1.29, 1.82) is 0 Å². The summed E-state index contributed by atoms with van der Waals surface area (Å²) in [4.78, 5) is 12.9. The van der Waals surface area contributed by atoms with Crippen molar-refractivity contribution in [3.05, 3.63) is 28.7 Å². The van der Waals surface area contributed by atoms with E-state index in [4.69, 9.17) is 40.4 Å². The van der Waals surface area contributed by atoms with E-state index in [1.54, 1.807) is 5.32 Å². The van der Waals surface area contributed by atoms with Crippen molar-refractivity contribution in [1.82, 2.24) is 15.1 Å². The standard InChI is InChI=1S/C22H35ClN4O/c1-17-5-4-6-20(21(17)23)27-15-13-26(14-16-27)12-11-18-7-9-19(10-8-18)24-22(28)25(2)3/h4-6,18-19H,7-16H2,1-3H3,(H,24,28)/i4D,5D,6D,7D2,8D2,9D2,10D2,13D2,14D2,15D2,16D2,18D,19D. The maximum absolute atomic E-state index is 12.5. The van der Waals surface area contributed by atoms with Gasteiger partial charge >= 0.3 is 6.03 Å². The molecule has 0 spiro atoms. The third-order valence-corrected chi connectivity index (χ3v) is 4.15. The van der Waals surface area contributed by atoms with E-state index >= 15 is 0 Å². The number of hydrogen-bond donors (Lipinski definition) is 1. The molecule has 2 fully saturated rings. The van der Waals surface area contributed by atoms with Crippen LogP contribution in [0.15, 0.2) is 18.1 Å².